The first-order valence-electron chi connectivity index (χ1n) is 6.80. The molecule has 1 aliphatic rings. The van der Waals surface area contributed by atoms with E-state index in [0.717, 1.165) is 38.0 Å². The zero-order valence-corrected chi connectivity index (χ0v) is 12.0. The fourth-order valence-electron chi connectivity index (χ4n) is 3.08. The lowest BCUT2D eigenvalue weighted by Crippen LogP contribution is -2.27. The number of fused-ring (bicyclic) bond motifs is 1. The van der Waals surface area contributed by atoms with Crippen LogP contribution in [0.3, 0.4) is 0 Å². The lowest BCUT2D eigenvalue weighted by Gasteiger charge is -2.34. The average Bonchev–Trinajstić information content (AvgIpc) is 2.56. The molecule has 0 saturated heterocycles. The third kappa shape index (κ3) is 2.62. The minimum absolute atomic E-state index is 0.191. The second-order valence-corrected chi connectivity index (χ2v) is 6.25. The standard InChI is InChI=1S/C15H25NO2/c1-11-8-12-13(16(11)6-5-7-18-4)9-15(2,3)10-14(12)17/h8,14,17H,5-7,9-10H2,1-4H3. The smallest absolute Gasteiger partial charge is 0.0812 e. The fourth-order valence-corrected chi connectivity index (χ4v) is 3.08. The molecule has 0 bridgehead atoms. The molecule has 0 aromatic carbocycles. The van der Waals surface area contributed by atoms with Crippen LogP contribution in [0.1, 0.15) is 49.7 Å². The van der Waals surface area contributed by atoms with Gasteiger partial charge in [-0.05, 0) is 37.7 Å². The van der Waals surface area contributed by atoms with E-state index in [9.17, 15) is 5.11 Å². The first-order chi connectivity index (χ1) is 8.44. The van der Waals surface area contributed by atoms with Gasteiger partial charge in [0, 0.05) is 37.2 Å². The van der Waals surface area contributed by atoms with Gasteiger partial charge < -0.3 is 14.4 Å². The van der Waals surface area contributed by atoms with Gasteiger partial charge in [0.1, 0.15) is 0 Å². The van der Waals surface area contributed by atoms with E-state index in [-0.39, 0.29) is 11.5 Å². The Balaban J connectivity index is 2.26. The Labute approximate surface area is 110 Å². The van der Waals surface area contributed by atoms with Gasteiger partial charge in [0.2, 0.25) is 0 Å². The second-order valence-electron chi connectivity index (χ2n) is 6.25. The van der Waals surface area contributed by atoms with Crippen LogP contribution in [0.5, 0.6) is 0 Å². The molecule has 1 atom stereocenters. The van der Waals surface area contributed by atoms with E-state index in [1.165, 1.54) is 11.4 Å². The summed E-state index contributed by atoms with van der Waals surface area (Å²) >= 11 is 0. The van der Waals surface area contributed by atoms with Crippen molar-refractivity contribution in [3.8, 4) is 0 Å². The number of ether oxygens (including phenoxy) is 1. The third-order valence-electron chi connectivity index (χ3n) is 3.93. The topological polar surface area (TPSA) is 34.4 Å². The zero-order chi connectivity index (χ0) is 13.3. The SMILES string of the molecule is COCCCn1c(C)cc2c1CC(C)(C)CC2O. The number of aliphatic hydroxyl groups is 1. The van der Waals surface area contributed by atoms with Gasteiger partial charge in [-0.1, -0.05) is 13.8 Å². The van der Waals surface area contributed by atoms with Crippen LogP contribution in [-0.4, -0.2) is 23.4 Å². The minimum atomic E-state index is -0.300. The Morgan fingerprint density at radius 2 is 2.22 bits per heavy atom. The largest absolute Gasteiger partial charge is 0.388 e. The van der Waals surface area contributed by atoms with Crippen molar-refractivity contribution in [3.05, 3.63) is 23.0 Å². The van der Waals surface area contributed by atoms with E-state index in [1.807, 2.05) is 0 Å². The summed E-state index contributed by atoms with van der Waals surface area (Å²) in [6.45, 7) is 8.38. The van der Waals surface area contributed by atoms with Gasteiger partial charge in [-0.3, -0.25) is 0 Å². The summed E-state index contributed by atoms with van der Waals surface area (Å²) in [6, 6.07) is 2.15. The van der Waals surface area contributed by atoms with Crippen LogP contribution < -0.4 is 0 Å². The van der Waals surface area contributed by atoms with Crippen LogP contribution in [0.4, 0.5) is 0 Å². The summed E-state index contributed by atoms with van der Waals surface area (Å²) in [5.41, 5.74) is 3.92. The summed E-state index contributed by atoms with van der Waals surface area (Å²) in [5.74, 6) is 0. The van der Waals surface area contributed by atoms with Crippen LogP contribution in [-0.2, 0) is 17.7 Å². The van der Waals surface area contributed by atoms with Crippen molar-refractivity contribution in [3.63, 3.8) is 0 Å². The summed E-state index contributed by atoms with van der Waals surface area (Å²) < 4.78 is 7.48. The molecular weight excluding hydrogens is 226 g/mol. The Bertz CT molecular complexity index is 420. The first kappa shape index (κ1) is 13.6. The Morgan fingerprint density at radius 1 is 1.50 bits per heavy atom. The van der Waals surface area contributed by atoms with Crippen molar-refractivity contribution < 1.29 is 9.84 Å². The Hall–Kier alpha value is -0.800. The molecule has 0 amide bonds. The van der Waals surface area contributed by atoms with Crippen LogP contribution in [0.2, 0.25) is 0 Å². The predicted molar refractivity (Wildman–Crippen MR) is 72.7 cm³/mol. The van der Waals surface area contributed by atoms with Crippen LogP contribution >= 0.6 is 0 Å². The summed E-state index contributed by atoms with van der Waals surface area (Å²) in [6.07, 6.45) is 2.64. The van der Waals surface area contributed by atoms with Crippen LogP contribution in [0.15, 0.2) is 6.07 Å². The lowest BCUT2D eigenvalue weighted by molar-refractivity contribution is 0.0977. The van der Waals surface area contributed by atoms with Gasteiger partial charge in [-0.25, -0.2) is 0 Å². The maximum absolute atomic E-state index is 10.3. The average molecular weight is 251 g/mol. The fraction of sp³-hybridized carbons (Fsp3) is 0.733. The summed E-state index contributed by atoms with van der Waals surface area (Å²) in [4.78, 5) is 0. The molecule has 1 heterocycles. The van der Waals surface area contributed by atoms with E-state index in [1.54, 1.807) is 7.11 Å². The van der Waals surface area contributed by atoms with E-state index in [2.05, 4.69) is 31.4 Å². The Kier molecular flexibility index (Phi) is 3.83. The van der Waals surface area contributed by atoms with Crippen molar-refractivity contribution in [2.75, 3.05) is 13.7 Å². The molecule has 3 nitrogen and oxygen atoms in total. The van der Waals surface area contributed by atoms with Crippen molar-refractivity contribution in [1.82, 2.24) is 4.57 Å². The number of nitrogens with zero attached hydrogens (tertiary/aromatic N) is 1. The number of hydrogen-bond acceptors (Lipinski definition) is 2. The van der Waals surface area contributed by atoms with Crippen molar-refractivity contribution >= 4 is 0 Å². The second kappa shape index (κ2) is 5.06. The molecule has 1 unspecified atom stereocenters. The number of methoxy groups -OCH3 is 1. The van der Waals surface area contributed by atoms with Crippen molar-refractivity contribution in [2.45, 2.75) is 52.7 Å². The highest BCUT2D eigenvalue weighted by Gasteiger charge is 2.33. The molecule has 1 N–H and O–H groups in total. The molecule has 0 radical (unpaired) electrons. The molecule has 1 aliphatic carbocycles. The molecule has 0 saturated carbocycles. The highest BCUT2D eigenvalue weighted by atomic mass is 16.5. The van der Waals surface area contributed by atoms with Crippen LogP contribution in [0, 0.1) is 12.3 Å². The zero-order valence-electron chi connectivity index (χ0n) is 12.0. The molecular formula is C15H25NO2. The number of aryl methyl sites for hydroxylation is 1. The molecule has 102 valence electrons. The van der Waals surface area contributed by atoms with E-state index < -0.39 is 0 Å². The third-order valence-corrected chi connectivity index (χ3v) is 3.93. The predicted octanol–water partition coefficient (Wildman–Crippen LogP) is 2.84. The van der Waals surface area contributed by atoms with Crippen LogP contribution in [0.25, 0.3) is 0 Å². The number of rotatable bonds is 4. The van der Waals surface area contributed by atoms with Gasteiger partial charge >= 0.3 is 0 Å². The number of aromatic nitrogens is 1. The molecule has 0 fully saturated rings. The van der Waals surface area contributed by atoms with Gasteiger partial charge in [-0.2, -0.15) is 0 Å². The molecule has 2 rings (SSSR count). The van der Waals surface area contributed by atoms with Gasteiger partial charge in [0.15, 0.2) is 0 Å². The van der Waals surface area contributed by atoms with Crippen molar-refractivity contribution in [1.29, 1.82) is 0 Å². The van der Waals surface area contributed by atoms with E-state index in [4.69, 9.17) is 4.74 Å². The molecule has 0 aliphatic heterocycles. The van der Waals surface area contributed by atoms with Crippen molar-refractivity contribution in [2.24, 2.45) is 5.41 Å². The summed E-state index contributed by atoms with van der Waals surface area (Å²) in [5, 5.41) is 10.3. The van der Waals surface area contributed by atoms with Gasteiger partial charge in [0.25, 0.3) is 0 Å². The normalized spacial score (nSPS) is 21.9. The Morgan fingerprint density at radius 3 is 2.89 bits per heavy atom. The van der Waals surface area contributed by atoms with E-state index in [0.29, 0.717) is 0 Å². The maximum atomic E-state index is 10.3. The number of aliphatic hydroxyl groups excluding tert-OH is 1. The van der Waals surface area contributed by atoms with Gasteiger partial charge in [0.05, 0.1) is 6.10 Å². The monoisotopic (exact) mass is 251 g/mol. The minimum Gasteiger partial charge on any atom is -0.388 e. The number of hydrogen-bond donors (Lipinski definition) is 1. The lowest BCUT2D eigenvalue weighted by atomic mass is 9.75. The first-order valence-corrected chi connectivity index (χ1v) is 6.80. The van der Waals surface area contributed by atoms with Gasteiger partial charge in [-0.15, -0.1) is 0 Å². The molecule has 1 aromatic heterocycles. The molecule has 18 heavy (non-hydrogen) atoms. The quantitative estimate of drug-likeness (QED) is 0.835. The highest BCUT2D eigenvalue weighted by molar-refractivity contribution is 5.33. The molecule has 3 heteroatoms. The molecule has 1 aromatic rings. The summed E-state index contributed by atoms with van der Waals surface area (Å²) in [7, 11) is 1.74. The highest BCUT2D eigenvalue weighted by Crippen LogP contribution is 2.41. The van der Waals surface area contributed by atoms with E-state index >= 15 is 0 Å². The maximum Gasteiger partial charge on any atom is 0.0812 e. The molecule has 0 spiro atoms.